The second-order valence-electron chi connectivity index (χ2n) is 4.85. The number of nitrogens with two attached hydrogens (primary N) is 1. The molecule has 2 unspecified atom stereocenters. The predicted molar refractivity (Wildman–Crippen MR) is 81.8 cm³/mol. The number of benzene rings is 1. The largest absolute Gasteiger partial charge is 0.330 e. The van der Waals surface area contributed by atoms with E-state index in [-0.39, 0.29) is 28.8 Å². The molecule has 120 valence electrons. The van der Waals surface area contributed by atoms with E-state index < -0.39 is 26.6 Å². The molecule has 1 aromatic rings. The first-order valence-electron chi connectivity index (χ1n) is 6.22. The van der Waals surface area contributed by atoms with Crippen LogP contribution in [0.15, 0.2) is 21.5 Å². The zero-order chi connectivity index (χ0) is 14.9. The van der Waals surface area contributed by atoms with Gasteiger partial charge in [0.25, 0.3) is 0 Å². The summed E-state index contributed by atoms with van der Waals surface area (Å²) in [6, 6.07) is 1.16. The van der Waals surface area contributed by atoms with Crippen LogP contribution >= 0.6 is 28.3 Å². The lowest BCUT2D eigenvalue weighted by Gasteiger charge is -2.19. The van der Waals surface area contributed by atoms with Crippen molar-refractivity contribution < 1.29 is 17.2 Å². The van der Waals surface area contributed by atoms with Crippen LogP contribution in [0.1, 0.15) is 19.3 Å². The number of halogens is 4. The average Bonchev–Trinajstić information content (AvgIpc) is 2.80. The number of rotatable bonds is 4. The van der Waals surface area contributed by atoms with Crippen molar-refractivity contribution in [2.75, 3.05) is 6.54 Å². The Morgan fingerprint density at radius 1 is 1.29 bits per heavy atom. The van der Waals surface area contributed by atoms with Crippen molar-refractivity contribution in [1.82, 2.24) is 4.72 Å². The molecule has 1 aliphatic carbocycles. The Hall–Kier alpha value is -0.280. The van der Waals surface area contributed by atoms with Gasteiger partial charge in [-0.15, -0.1) is 12.4 Å². The van der Waals surface area contributed by atoms with Gasteiger partial charge in [0.1, 0.15) is 16.5 Å². The summed E-state index contributed by atoms with van der Waals surface area (Å²) in [5, 5.41) is 0. The molecule has 0 aliphatic heterocycles. The average molecular weight is 406 g/mol. The second-order valence-corrected chi connectivity index (χ2v) is 7.39. The Balaban J connectivity index is 0.00000220. The van der Waals surface area contributed by atoms with Gasteiger partial charge in [-0.05, 0) is 53.4 Å². The lowest BCUT2D eigenvalue weighted by molar-refractivity contribution is 0.450. The summed E-state index contributed by atoms with van der Waals surface area (Å²) in [5.41, 5.74) is 5.58. The molecule has 0 spiro atoms. The highest BCUT2D eigenvalue weighted by Crippen LogP contribution is 2.28. The molecule has 1 aromatic carbocycles. The minimum Gasteiger partial charge on any atom is -0.330 e. The van der Waals surface area contributed by atoms with Gasteiger partial charge in [-0.1, -0.05) is 6.42 Å². The van der Waals surface area contributed by atoms with Crippen molar-refractivity contribution in [2.45, 2.75) is 30.2 Å². The third-order valence-corrected chi connectivity index (χ3v) is 5.65. The standard InChI is InChI=1S/C12H15BrF2N2O2S.ClH/c13-8-4-10(15)12(5-9(8)14)20(18,19)17-11-3-1-2-7(11)6-16;/h4-5,7,11,17H,1-3,6,16H2;1H. The molecule has 3 N–H and O–H groups in total. The van der Waals surface area contributed by atoms with E-state index in [4.69, 9.17) is 5.73 Å². The first-order valence-corrected chi connectivity index (χ1v) is 8.49. The second kappa shape index (κ2) is 7.32. The van der Waals surface area contributed by atoms with Crippen LogP contribution in [0, 0.1) is 17.6 Å². The molecule has 0 heterocycles. The monoisotopic (exact) mass is 404 g/mol. The topological polar surface area (TPSA) is 72.2 Å². The number of sulfonamides is 1. The van der Waals surface area contributed by atoms with Gasteiger partial charge in [-0.3, -0.25) is 0 Å². The molecular weight excluding hydrogens is 390 g/mol. The van der Waals surface area contributed by atoms with E-state index in [1.165, 1.54) is 0 Å². The summed E-state index contributed by atoms with van der Waals surface area (Å²) in [7, 11) is -4.10. The van der Waals surface area contributed by atoms with E-state index in [2.05, 4.69) is 20.7 Å². The number of hydrogen-bond donors (Lipinski definition) is 2. The molecule has 0 amide bonds. The Morgan fingerprint density at radius 3 is 2.57 bits per heavy atom. The van der Waals surface area contributed by atoms with Gasteiger partial charge in [-0.2, -0.15) is 0 Å². The van der Waals surface area contributed by atoms with Crippen LogP contribution in [0.5, 0.6) is 0 Å². The van der Waals surface area contributed by atoms with Crippen LogP contribution < -0.4 is 10.5 Å². The molecule has 2 rings (SSSR count). The SMILES string of the molecule is Cl.NCC1CCCC1NS(=O)(=O)c1cc(F)c(Br)cc1F. The van der Waals surface area contributed by atoms with E-state index in [0.717, 1.165) is 18.9 Å². The summed E-state index contributed by atoms with van der Waals surface area (Å²) < 4.78 is 53.8. The van der Waals surface area contributed by atoms with Crippen LogP contribution in [0.2, 0.25) is 0 Å². The summed E-state index contributed by atoms with van der Waals surface area (Å²) in [6.45, 7) is 0.365. The van der Waals surface area contributed by atoms with E-state index >= 15 is 0 Å². The minimum atomic E-state index is -4.10. The van der Waals surface area contributed by atoms with Crippen LogP contribution in [-0.2, 0) is 10.0 Å². The fourth-order valence-corrected chi connectivity index (χ4v) is 4.17. The molecule has 1 aliphatic rings. The Labute approximate surface area is 137 Å². The van der Waals surface area contributed by atoms with Gasteiger partial charge >= 0.3 is 0 Å². The molecule has 21 heavy (non-hydrogen) atoms. The zero-order valence-corrected chi connectivity index (χ0v) is 14.2. The molecule has 1 fully saturated rings. The van der Waals surface area contributed by atoms with Crippen molar-refractivity contribution in [2.24, 2.45) is 11.7 Å². The van der Waals surface area contributed by atoms with Crippen LogP contribution in [0.3, 0.4) is 0 Å². The van der Waals surface area contributed by atoms with Gasteiger partial charge < -0.3 is 5.73 Å². The van der Waals surface area contributed by atoms with Crippen molar-refractivity contribution in [3.05, 3.63) is 28.2 Å². The summed E-state index contributed by atoms with van der Waals surface area (Å²) in [5.74, 6) is -1.78. The van der Waals surface area contributed by atoms with E-state index in [1.807, 2.05) is 0 Å². The maximum absolute atomic E-state index is 13.7. The molecule has 0 aromatic heterocycles. The van der Waals surface area contributed by atoms with Crippen molar-refractivity contribution in [1.29, 1.82) is 0 Å². The molecule has 9 heteroatoms. The number of nitrogens with one attached hydrogen (secondary N) is 1. The highest BCUT2D eigenvalue weighted by atomic mass is 79.9. The fraction of sp³-hybridized carbons (Fsp3) is 0.500. The summed E-state index contributed by atoms with van der Waals surface area (Å²) >= 11 is 2.81. The molecule has 0 radical (unpaired) electrons. The molecule has 1 saturated carbocycles. The van der Waals surface area contributed by atoms with Gasteiger partial charge in [0.05, 0.1) is 4.47 Å². The van der Waals surface area contributed by atoms with E-state index in [9.17, 15) is 17.2 Å². The van der Waals surface area contributed by atoms with Crippen LogP contribution in [0.4, 0.5) is 8.78 Å². The Bertz CT molecular complexity index is 616. The first-order chi connectivity index (χ1) is 9.35. The smallest absolute Gasteiger partial charge is 0.243 e. The highest BCUT2D eigenvalue weighted by Gasteiger charge is 2.31. The maximum Gasteiger partial charge on any atom is 0.243 e. The molecule has 2 atom stereocenters. The normalized spacial score (nSPS) is 22.1. The zero-order valence-electron chi connectivity index (χ0n) is 11.0. The predicted octanol–water partition coefficient (Wildman–Crippen LogP) is 2.55. The lowest BCUT2D eigenvalue weighted by Crippen LogP contribution is -2.40. The van der Waals surface area contributed by atoms with Crippen molar-refractivity contribution in [3.8, 4) is 0 Å². The van der Waals surface area contributed by atoms with Crippen LogP contribution in [-0.4, -0.2) is 21.0 Å². The molecular formula is C12H16BrClF2N2O2S. The first kappa shape index (κ1) is 18.8. The van der Waals surface area contributed by atoms with Gasteiger partial charge in [0, 0.05) is 6.04 Å². The third kappa shape index (κ3) is 4.13. The highest BCUT2D eigenvalue weighted by molar-refractivity contribution is 9.10. The maximum atomic E-state index is 13.7. The van der Waals surface area contributed by atoms with Crippen molar-refractivity contribution in [3.63, 3.8) is 0 Å². The Kier molecular flexibility index (Phi) is 6.54. The van der Waals surface area contributed by atoms with E-state index in [1.54, 1.807) is 0 Å². The van der Waals surface area contributed by atoms with Gasteiger partial charge in [-0.25, -0.2) is 21.9 Å². The molecule has 4 nitrogen and oxygen atoms in total. The number of hydrogen-bond acceptors (Lipinski definition) is 3. The molecule has 0 bridgehead atoms. The fourth-order valence-electron chi connectivity index (χ4n) is 2.45. The Morgan fingerprint density at radius 2 is 1.95 bits per heavy atom. The van der Waals surface area contributed by atoms with Crippen molar-refractivity contribution >= 4 is 38.4 Å². The summed E-state index contributed by atoms with van der Waals surface area (Å²) in [6.07, 6.45) is 2.36. The summed E-state index contributed by atoms with van der Waals surface area (Å²) in [4.78, 5) is -0.680. The van der Waals surface area contributed by atoms with E-state index in [0.29, 0.717) is 19.0 Å². The van der Waals surface area contributed by atoms with Gasteiger partial charge in [0.15, 0.2) is 0 Å². The third-order valence-electron chi connectivity index (χ3n) is 3.53. The van der Waals surface area contributed by atoms with Gasteiger partial charge in [0.2, 0.25) is 10.0 Å². The quantitative estimate of drug-likeness (QED) is 0.756. The van der Waals surface area contributed by atoms with Crippen LogP contribution in [0.25, 0.3) is 0 Å². The molecule has 0 saturated heterocycles. The minimum absolute atomic E-state index is 0. The lowest BCUT2D eigenvalue weighted by atomic mass is 10.1.